The number of hydrogen-bond donors (Lipinski definition) is 1. The third kappa shape index (κ3) is 4.17. The van der Waals surface area contributed by atoms with Crippen molar-refractivity contribution in [2.75, 3.05) is 41.6 Å². The number of aromatic hydroxyl groups is 1. The highest BCUT2D eigenvalue weighted by Crippen LogP contribution is 2.66. The van der Waals surface area contributed by atoms with Gasteiger partial charge in [0.2, 0.25) is 11.8 Å². The number of anilines is 2. The Labute approximate surface area is 289 Å². The van der Waals surface area contributed by atoms with Crippen LogP contribution in [0.25, 0.3) is 10.8 Å². The van der Waals surface area contributed by atoms with E-state index >= 15 is 0 Å². The van der Waals surface area contributed by atoms with Gasteiger partial charge in [-0.3, -0.25) is 29.0 Å². The van der Waals surface area contributed by atoms with Gasteiger partial charge in [-0.15, -0.1) is 23.2 Å². The molecule has 1 saturated carbocycles. The molecule has 47 heavy (non-hydrogen) atoms. The molecule has 3 aromatic carbocycles. The second-order valence-electron chi connectivity index (χ2n) is 12.8. The molecule has 3 saturated heterocycles. The Hall–Kier alpha value is -3.44. The van der Waals surface area contributed by atoms with Gasteiger partial charge >= 0.3 is 0 Å². The van der Waals surface area contributed by atoms with E-state index in [9.17, 15) is 24.3 Å². The topological polar surface area (TPSA) is 107 Å². The molecule has 3 aromatic rings. The number of ether oxygens (including phenoxy) is 1. The van der Waals surface area contributed by atoms with Crippen molar-refractivity contribution < 1.29 is 29.0 Å². The van der Waals surface area contributed by atoms with Gasteiger partial charge in [0.1, 0.15) is 5.75 Å². The first-order chi connectivity index (χ1) is 22.6. The maximum Gasteiger partial charge on any atom is 0.254 e. The van der Waals surface area contributed by atoms with Gasteiger partial charge in [-0.25, -0.2) is 0 Å². The normalized spacial score (nSPS) is 32.1. The van der Waals surface area contributed by atoms with Gasteiger partial charge in [0, 0.05) is 35.6 Å². The molecule has 8 rings (SSSR count). The summed E-state index contributed by atoms with van der Waals surface area (Å²) < 4.78 is 5.46. The summed E-state index contributed by atoms with van der Waals surface area (Å²) in [5.41, 5.74) is 2.30. The number of amides is 4. The molecule has 0 bridgehead atoms. The van der Waals surface area contributed by atoms with Gasteiger partial charge in [-0.1, -0.05) is 64.0 Å². The second kappa shape index (κ2) is 11.1. The van der Waals surface area contributed by atoms with E-state index in [0.29, 0.717) is 35.4 Å². The lowest BCUT2D eigenvalue weighted by Gasteiger charge is -2.50. The zero-order chi connectivity index (χ0) is 32.8. The molecular weight excluding hydrogens is 709 g/mol. The van der Waals surface area contributed by atoms with Gasteiger partial charge in [-0.05, 0) is 48.4 Å². The van der Waals surface area contributed by atoms with Crippen molar-refractivity contribution in [2.24, 2.45) is 17.8 Å². The van der Waals surface area contributed by atoms with Gasteiger partial charge < -0.3 is 14.7 Å². The molecule has 4 fully saturated rings. The zero-order valence-electron chi connectivity index (χ0n) is 25.1. The number of rotatable bonds is 4. The standard InChI is InChI=1S/C35H30BrCl2N3O6/c36-18-40-32(45)34(37)17-26-23(28(35(34,38)33(40)46)25-10-5-19-3-1-2-4-22(19)29(25)42)11-12-24-27(26)31(44)41(30(24)43)21-8-6-20(7-9-21)39-13-15-47-16-14-39/h1-11,24,26-28,42H,12-18H2. The number of allylic oxidation sites excluding steroid dienone is 2. The maximum absolute atomic E-state index is 14.4. The fraction of sp³-hybridized carbons (Fsp3) is 0.371. The van der Waals surface area contributed by atoms with Crippen LogP contribution in [0.5, 0.6) is 5.75 Å². The van der Waals surface area contributed by atoms with Crippen molar-refractivity contribution in [2.45, 2.75) is 28.5 Å². The average molecular weight is 739 g/mol. The number of imide groups is 2. The van der Waals surface area contributed by atoms with Crippen LogP contribution < -0.4 is 9.80 Å². The van der Waals surface area contributed by atoms with E-state index in [1.807, 2.05) is 36.4 Å². The summed E-state index contributed by atoms with van der Waals surface area (Å²) in [4.78, 5) is 56.9. The lowest BCUT2D eigenvalue weighted by Crippen LogP contribution is -2.60. The highest BCUT2D eigenvalue weighted by Gasteiger charge is 2.76. The maximum atomic E-state index is 14.4. The molecule has 0 radical (unpaired) electrons. The third-order valence-corrected chi connectivity index (χ3v) is 12.7. The Bertz CT molecular complexity index is 1900. The first-order valence-corrected chi connectivity index (χ1v) is 17.5. The molecule has 2 aliphatic carbocycles. The minimum absolute atomic E-state index is 0.0795. The van der Waals surface area contributed by atoms with Crippen LogP contribution in [0.1, 0.15) is 24.3 Å². The quantitative estimate of drug-likeness (QED) is 0.168. The molecule has 3 heterocycles. The Morgan fingerprint density at radius 2 is 1.57 bits per heavy atom. The number of morpholine rings is 1. The Kier molecular flexibility index (Phi) is 7.26. The van der Waals surface area contributed by atoms with Crippen LogP contribution in [0.15, 0.2) is 72.3 Å². The number of phenolic OH excluding ortho intramolecular Hbond substituents is 1. The summed E-state index contributed by atoms with van der Waals surface area (Å²) >= 11 is 17.9. The number of phenols is 1. The van der Waals surface area contributed by atoms with Crippen LogP contribution in [-0.2, 0) is 23.9 Å². The minimum Gasteiger partial charge on any atom is -0.507 e. The molecule has 1 N–H and O–H groups in total. The van der Waals surface area contributed by atoms with Gasteiger partial charge in [0.15, 0.2) is 9.75 Å². The smallest absolute Gasteiger partial charge is 0.254 e. The fourth-order valence-corrected chi connectivity index (χ4v) is 9.91. The first-order valence-electron chi connectivity index (χ1n) is 15.6. The summed E-state index contributed by atoms with van der Waals surface area (Å²) in [5, 5.41) is 13.0. The molecule has 242 valence electrons. The number of carbonyl (C=O) groups excluding carboxylic acids is 4. The van der Waals surface area contributed by atoms with Crippen LogP contribution >= 0.6 is 39.1 Å². The highest BCUT2D eigenvalue weighted by molar-refractivity contribution is 9.09. The zero-order valence-corrected chi connectivity index (χ0v) is 28.2. The molecule has 9 nitrogen and oxygen atoms in total. The lowest BCUT2D eigenvalue weighted by molar-refractivity contribution is -0.138. The second-order valence-corrected chi connectivity index (χ2v) is 14.6. The number of hydrogen-bond acceptors (Lipinski definition) is 7. The SMILES string of the molecule is O=C1C2CC=C3C(CC4(Cl)C(=O)N(CBr)C(=O)C4(Cl)C3c3ccc4ccccc4c3O)C2C(=O)N1c1ccc(N2CCOCC2)cc1. The molecule has 4 amide bonds. The summed E-state index contributed by atoms with van der Waals surface area (Å²) in [6.07, 6.45) is 1.99. The molecule has 6 atom stereocenters. The molecule has 5 aliphatic rings. The molecule has 12 heteroatoms. The first kappa shape index (κ1) is 30.9. The van der Waals surface area contributed by atoms with Crippen molar-refractivity contribution in [3.8, 4) is 5.75 Å². The lowest BCUT2D eigenvalue weighted by atomic mass is 9.56. The van der Waals surface area contributed by atoms with Crippen LogP contribution in [0.2, 0.25) is 0 Å². The Balaban J connectivity index is 1.23. The molecule has 6 unspecified atom stereocenters. The Morgan fingerprint density at radius 1 is 0.872 bits per heavy atom. The summed E-state index contributed by atoms with van der Waals surface area (Å²) in [5.74, 6) is -5.36. The van der Waals surface area contributed by atoms with Crippen LogP contribution in [0.4, 0.5) is 11.4 Å². The molecular formula is C35H30BrCl2N3O6. The van der Waals surface area contributed by atoms with Crippen LogP contribution in [0.3, 0.4) is 0 Å². The number of carbonyl (C=O) groups is 4. The van der Waals surface area contributed by atoms with Crippen molar-refractivity contribution in [3.05, 3.63) is 77.9 Å². The van der Waals surface area contributed by atoms with Crippen LogP contribution in [-0.4, -0.2) is 75.1 Å². The average Bonchev–Trinajstić information content (AvgIpc) is 3.43. The van der Waals surface area contributed by atoms with Crippen molar-refractivity contribution in [3.63, 3.8) is 0 Å². The molecule has 0 aromatic heterocycles. The molecule has 0 spiro atoms. The summed E-state index contributed by atoms with van der Waals surface area (Å²) in [7, 11) is 0. The summed E-state index contributed by atoms with van der Waals surface area (Å²) in [6, 6.07) is 18.2. The number of fused-ring (bicyclic) bond motifs is 5. The van der Waals surface area contributed by atoms with E-state index in [1.54, 1.807) is 30.3 Å². The number of alkyl halides is 3. The predicted octanol–water partition coefficient (Wildman–Crippen LogP) is 5.30. The largest absolute Gasteiger partial charge is 0.507 e. The number of halogens is 3. The van der Waals surface area contributed by atoms with E-state index in [1.165, 1.54) is 4.90 Å². The van der Waals surface area contributed by atoms with Crippen LogP contribution in [0, 0.1) is 17.8 Å². The fourth-order valence-electron chi connectivity index (χ4n) is 8.49. The van der Waals surface area contributed by atoms with Gasteiger partial charge in [0.25, 0.3) is 11.8 Å². The highest BCUT2D eigenvalue weighted by atomic mass is 79.9. The van der Waals surface area contributed by atoms with E-state index in [4.69, 9.17) is 27.9 Å². The summed E-state index contributed by atoms with van der Waals surface area (Å²) in [6.45, 7) is 2.78. The van der Waals surface area contributed by atoms with E-state index in [2.05, 4.69) is 20.8 Å². The monoisotopic (exact) mass is 737 g/mol. The van der Waals surface area contributed by atoms with Gasteiger partial charge in [0.05, 0.1) is 36.2 Å². The van der Waals surface area contributed by atoms with Crippen molar-refractivity contribution in [1.82, 2.24) is 4.90 Å². The molecule has 3 aliphatic heterocycles. The van der Waals surface area contributed by atoms with Crippen molar-refractivity contribution in [1.29, 1.82) is 0 Å². The Morgan fingerprint density at radius 3 is 2.30 bits per heavy atom. The third-order valence-electron chi connectivity index (χ3n) is 10.7. The van der Waals surface area contributed by atoms with Crippen molar-refractivity contribution >= 4 is 84.9 Å². The van der Waals surface area contributed by atoms with E-state index < -0.39 is 45.2 Å². The number of nitrogens with zero attached hydrogens (tertiary/aromatic N) is 3. The van der Waals surface area contributed by atoms with E-state index in [0.717, 1.165) is 29.1 Å². The minimum atomic E-state index is -1.99. The predicted molar refractivity (Wildman–Crippen MR) is 181 cm³/mol. The number of likely N-dealkylation sites (tertiary alicyclic amines) is 1. The number of benzene rings is 3. The van der Waals surface area contributed by atoms with E-state index in [-0.39, 0.29) is 35.9 Å². The van der Waals surface area contributed by atoms with Gasteiger partial charge in [-0.2, -0.15) is 0 Å².